The molecule has 0 spiro atoms. The van der Waals surface area contributed by atoms with Crippen LogP contribution in [-0.2, 0) is 0 Å². The molecule has 108 valence electrons. The lowest BCUT2D eigenvalue weighted by Gasteiger charge is -2.04. The molecular formula is C14H10BrClN2O3. The number of nitrogens with one attached hydrogen (secondary N) is 1. The van der Waals surface area contributed by atoms with Crippen LogP contribution in [0.4, 0.5) is 0 Å². The summed E-state index contributed by atoms with van der Waals surface area (Å²) < 4.78 is 0.666. The van der Waals surface area contributed by atoms with Crippen LogP contribution in [0.25, 0.3) is 0 Å². The first kappa shape index (κ1) is 15.3. The van der Waals surface area contributed by atoms with Crippen molar-refractivity contribution in [3.05, 3.63) is 57.0 Å². The first-order chi connectivity index (χ1) is 9.99. The van der Waals surface area contributed by atoms with Crippen molar-refractivity contribution < 1.29 is 15.0 Å². The highest BCUT2D eigenvalue weighted by Crippen LogP contribution is 2.30. The highest BCUT2D eigenvalue weighted by Gasteiger charge is 2.09. The number of hydrogen-bond donors (Lipinski definition) is 3. The Labute approximate surface area is 134 Å². The fraction of sp³-hybridized carbons (Fsp3) is 0. The van der Waals surface area contributed by atoms with Crippen molar-refractivity contribution in [1.82, 2.24) is 5.43 Å². The molecule has 0 heterocycles. The van der Waals surface area contributed by atoms with Crippen molar-refractivity contribution in [3.63, 3.8) is 0 Å². The zero-order valence-electron chi connectivity index (χ0n) is 10.5. The molecule has 0 fully saturated rings. The molecule has 1 amide bonds. The predicted octanol–water partition coefficient (Wildman–Crippen LogP) is 3.28. The number of carbonyl (C=O) groups excluding carboxylic acids is 1. The summed E-state index contributed by atoms with van der Waals surface area (Å²) in [6.45, 7) is 0. The summed E-state index contributed by atoms with van der Waals surface area (Å²) >= 11 is 9.05. The molecule has 0 unspecified atom stereocenters. The van der Waals surface area contributed by atoms with Gasteiger partial charge in [-0.15, -0.1) is 0 Å². The first-order valence-corrected chi connectivity index (χ1v) is 6.95. The molecule has 0 aliphatic heterocycles. The van der Waals surface area contributed by atoms with Crippen LogP contribution in [0.15, 0.2) is 46.0 Å². The van der Waals surface area contributed by atoms with Gasteiger partial charge in [0.2, 0.25) is 0 Å². The number of nitrogens with zero attached hydrogens (tertiary/aromatic N) is 1. The Kier molecular flexibility index (Phi) is 4.82. The van der Waals surface area contributed by atoms with E-state index in [0.717, 1.165) is 0 Å². The Hall–Kier alpha value is -2.05. The van der Waals surface area contributed by atoms with Crippen LogP contribution in [0.2, 0.25) is 5.02 Å². The van der Waals surface area contributed by atoms with Gasteiger partial charge in [0.1, 0.15) is 11.5 Å². The van der Waals surface area contributed by atoms with Gasteiger partial charge in [-0.25, -0.2) is 5.43 Å². The highest BCUT2D eigenvalue weighted by molar-refractivity contribution is 9.10. The number of aromatic hydroxyl groups is 2. The third-order valence-corrected chi connectivity index (χ3v) is 3.32. The second-order valence-corrected chi connectivity index (χ2v) is 5.36. The van der Waals surface area contributed by atoms with E-state index in [2.05, 4.69) is 26.5 Å². The molecule has 0 bridgehead atoms. The molecule has 2 aromatic rings. The van der Waals surface area contributed by atoms with Gasteiger partial charge in [-0.2, -0.15) is 5.10 Å². The van der Waals surface area contributed by atoms with Crippen LogP contribution >= 0.6 is 27.5 Å². The second kappa shape index (κ2) is 6.60. The lowest BCUT2D eigenvalue weighted by molar-refractivity contribution is 0.0952. The zero-order chi connectivity index (χ0) is 15.4. The number of phenols is 2. The van der Waals surface area contributed by atoms with Crippen molar-refractivity contribution in [2.75, 3.05) is 0 Å². The Morgan fingerprint density at radius 1 is 1.29 bits per heavy atom. The molecule has 2 aromatic carbocycles. The number of hydrazone groups is 1. The second-order valence-electron chi connectivity index (χ2n) is 4.04. The highest BCUT2D eigenvalue weighted by atomic mass is 79.9. The normalized spacial score (nSPS) is 10.8. The number of halogens is 2. The Balaban J connectivity index is 2.13. The summed E-state index contributed by atoms with van der Waals surface area (Å²) in [6, 6.07) is 9.23. The van der Waals surface area contributed by atoms with E-state index < -0.39 is 5.91 Å². The van der Waals surface area contributed by atoms with E-state index in [4.69, 9.17) is 11.6 Å². The van der Waals surface area contributed by atoms with Crippen molar-refractivity contribution in [3.8, 4) is 11.5 Å². The molecule has 0 atom stereocenters. The summed E-state index contributed by atoms with van der Waals surface area (Å²) in [5, 5.41) is 23.2. The van der Waals surface area contributed by atoms with Gasteiger partial charge >= 0.3 is 0 Å². The molecule has 0 aliphatic rings. The van der Waals surface area contributed by atoms with Crippen molar-refractivity contribution in [1.29, 1.82) is 0 Å². The summed E-state index contributed by atoms with van der Waals surface area (Å²) in [6.07, 6.45) is 1.25. The van der Waals surface area contributed by atoms with Gasteiger partial charge in [-0.3, -0.25) is 4.79 Å². The van der Waals surface area contributed by atoms with Gasteiger partial charge in [0, 0.05) is 10.0 Å². The number of para-hydroxylation sites is 1. The minimum Gasteiger partial charge on any atom is -0.507 e. The SMILES string of the molecule is O=C(NN=Cc1cc(Br)cc(Cl)c1O)c1ccccc1O. The third-order valence-electron chi connectivity index (χ3n) is 2.58. The maximum Gasteiger partial charge on any atom is 0.275 e. The maximum atomic E-state index is 11.8. The van der Waals surface area contributed by atoms with E-state index in [9.17, 15) is 15.0 Å². The van der Waals surface area contributed by atoms with E-state index in [1.165, 1.54) is 24.4 Å². The van der Waals surface area contributed by atoms with Gasteiger partial charge < -0.3 is 10.2 Å². The zero-order valence-corrected chi connectivity index (χ0v) is 12.9. The van der Waals surface area contributed by atoms with Crippen LogP contribution < -0.4 is 5.43 Å². The summed E-state index contributed by atoms with van der Waals surface area (Å²) in [4.78, 5) is 11.8. The molecular weight excluding hydrogens is 360 g/mol. The van der Waals surface area contributed by atoms with Gasteiger partial charge in [0.25, 0.3) is 5.91 Å². The smallest absolute Gasteiger partial charge is 0.275 e. The Morgan fingerprint density at radius 2 is 2.00 bits per heavy atom. The molecule has 21 heavy (non-hydrogen) atoms. The molecule has 0 saturated carbocycles. The number of rotatable bonds is 3. The van der Waals surface area contributed by atoms with Crippen LogP contribution in [0.5, 0.6) is 11.5 Å². The average Bonchev–Trinajstić information content (AvgIpc) is 2.44. The molecule has 0 saturated heterocycles. The molecule has 3 N–H and O–H groups in total. The number of phenolic OH excluding ortho intramolecular Hbond substituents is 2. The molecule has 0 radical (unpaired) electrons. The number of benzene rings is 2. The number of hydrogen-bond acceptors (Lipinski definition) is 4. The van der Waals surface area contributed by atoms with Crippen LogP contribution in [0.3, 0.4) is 0 Å². The van der Waals surface area contributed by atoms with E-state index in [1.807, 2.05) is 0 Å². The first-order valence-electron chi connectivity index (χ1n) is 5.78. The molecule has 7 heteroatoms. The fourth-order valence-electron chi connectivity index (χ4n) is 1.57. The van der Waals surface area contributed by atoms with Crippen LogP contribution in [0.1, 0.15) is 15.9 Å². The van der Waals surface area contributed by atoms with Crippen molar-refractivity contribution >= 4 is 39.7 Å². The van der Waals surface area contributed by atoms with Gasteiger partial charge in [-0.1, -0.05) is 39.7 Å². The monoisotopic (exact) mass is 368 g/mol. The topological polar surface area (TPSA) is 81.9 Å². The quantitative estimate of drug-likeness (QED) is 0.573. The van der Waals surface area contributed by atoms with E-state index in [1.54, 1.807) is 18.2 Å². The summed E-state index contributed by atoms with van der Waals surface area (Å²) in [5.41, 5.74) is 2.70. The minimum atomic E-state index is -0.565. The van der Waals surface area contributed by atoms with Crippen LogP contribution in [-0.4, -0.2) is 22.3 Å². The Bertz CT molecular complexity index is 719. The van der Waals surface area contributed by atoms with Crippen molar-refractivity contribution in [2.24, 2.45) is 5.10 Å². The van der Waals surface area contributed by atoms with Gasteiger partial charge in [0.15, 0.2) is 0 Å². The van der Waals surface area contributed by atoms with E-state index in [0.29, 0.717) is 10.0 Å². The minimum absolute atomic E-state index is 0.103. The third kappa shape index (κ3) is 3.74. The van der Waals surface area contributed by atoms with E-state index >= 15 is 0 Å². The standard InChI is InChI=1S/C14H10BrClN2O3/c15-9-5-8(13(20)11(16)6-9)7-17-18-14(21)10-3-1-2-4-12(10)19/h1-7,19-20H,(H,18,21). The number of amides is 1. The lowest BCUT2D eigenvalue weighted by atomic mass is 10.2. The Morgan fingerprint density at radius 3 is 2.71 bits per heavy atom. The summed E-state index contributed by atoms with van der Waals surface area (Å²) in [7, 11) is 0. The average molecular weight is 370 g/mol. The molecule has 0 aliphatic carbocycles. The van der Waals surface area contributed by atoms with Crippen molar-refractivity contribution in [2.45, 2.75) is 0 Å². The number of carbonyl (C=O) groups is 1. The summed E-state index contributed by atoms with van der Waals surface area (Å²) in [5.74, 6) is -0.844. The van der Waals surface area contributed by atoms with Gasteiger partial charge in [-0.05, 0) is 24.3 Å². The molecule has 2 rings (SSSR count). The van der Waals surface area contributed by atoms with Crippen LogP contribution in [0, 0.1) is 0 Å². The van der Waals surface area contributed by atoms with Gasteiger partial charge in [0.05, 0.1) is 16.8 Å². The largest absolute Gasteiger partial charge is 0.507 e. The molecule has 5 nitrogen and oxygen atoms in total. The predicted molar refractivity (Wildman–Crippen MR) is 84.0 cm³/mol. The molecule has 0 aromatic heterocycles. The lowest BCUT2D eigenvalue weighted by Crippen LogP contribution is -2.17. The van der Waals surface area contributed by atoms with E-state index in [-0.39, 0.29) is 22.1 Å². The maximum absolute atomic E-state index is 11.8. The fourth-order valence-corrected chi connectivity index (χ4v) is 2.40.